The fourth-order valence-electron chi connectivity index (χ4n) is 2.62. The Morgan fingerprint density at radius 1 is 1.35 bits per heavy atom. The Labute approximate surface area is 134 Å². The van der Waals surface area contributed by atoms with Crippen LogP contribution >= 0.6 is 0 Å². The van der Waals surface area contributed by atoms with E-state index in [1.807, 2.05) is 31.9 Å². The first kappa shape index (κ1) is 15.4. The number of aryl methyl sites for hydroxylation is 1. The smallest absolute Gasteiger partial charge is 0.230 e. The van der Waals surface area contributed by atoms with Crippen LogP contribution < -0.4 is 10.2 Å². The van der Waals surface area contributed by atoms with E-state index in [2.05, 4.69) is 20.3 Å². The van der Waals surface area contributed by atoms with Crippen molar-refractivity contribution in [3.8, 4) is 0 Å². The number of ether oxygens (including phenoxy) is 1. The molecule has 23 heavy (non-hydrogen) atoms. The van der Waals surface area contributed by atoms with Crippen molar-refractivity contribution in [2.24, 2.45) is 13.0 Å². The molecule has 8 nitrogen and oxygen atoms in total. The Bertz CT molecular complexity index is 682. The lowest BCUT2D eigenvalue weighted by Gasteiger charge is -2.18. The molecule has 1 amide bonds. The average Bonchev–Trinajstić information content (AvgIpc) is 3.15. The van der Waals surface area contributed by atoms with Crippen molar-refractivity contribution >= 4 is 17.5 Å². The summed E-state index contributed by atoms with van der Waals surface area (Å²) in [6, 6.07) is 0. The molecule has 1 saturated heterocycles. The van der Waals surface area contributed by atoms with Crippen LogP contribution in [0.15, 0.2) is 24.8 Å². The lowest BCUT2D eigenvalue weighted by atomic mass is 10.00. The summed E-state index contributed by atoms with van der Waals surface area (Å²) in [5.74, 6) is 0.987. The van der Waals surface area contributed by atoms with Crippen molar-refractivity contribution in [3.63, 3.8) is 0 Å². The molecule has 2 atom stereocenters. The van der Waals surface area contributed by atoms with Crippen LogP contribution in [0.1, 0.15) is 18.3 Å². The summed E-state index contributed by atoms with van der Waals surface area (Å²) >= 11 is 0. The summed E-state index contributed by atoms with van der Waals surface area (Å²) in [7, 11) is 5.62. The van der Waals surface area contributed by atoms with Gasteiger partial charge >= 0.3 is 0 Å². The Balaban J connectivity index is 1.71. The zero-order valence-corrected chi connectivity index (χ0v) is 13.4. The maximum atomic E-state index is 12.6. The molecule has 1 aliphatic heterocycles. The topological polar surface area (TPSA) is 85.2 Å². The molecule has 0 spiro atoms. The molecule has 3 rings (SSSR count). The van der Waals surface area contributed by atoms with E-state index in [0.29, 0.717) is 24.7 Å². The van der Waals surface area contributed by atoms with Crippen molar-refractivity contribution in [3.05, 3.63) is 30.6 Å². The number of anilines is 2. The van der Waals surface area contributed by atoms with Crippen LogP contribution in [0.25, 0.3) is 0 Å². The van der Waals surface area contributed by atoms with Gasteiger partial charge in [-0.15, -0.1) is 0 Å². The summed E-state index contributed by atoms with van der Waals surface area (Å²) in [6.45, 7) is 0.547. The number of hydrogen-bond donors (Lipinski definition) is 1. The lowest BCUT2D eigenvalue weighted by molar-refractivity contribution is -0.121. The zero-order valence-electron chi connectivity index (χ0n) is 13.4. The van der Waals surface area contributed by atoms with E-state index in [1.165, 1.54) is 0 Å². The van der Waals surface area contributed by atoms with Gasteiger partial charge in [-0.05, 0) is 6.42 Å². The highest BCUT2D eigenvalue weighted by molar-refractivity contribution is 5.92. The fourth-order valence-corrected chi connectivity index (χ4v) is 2.62. The van der Waals surface area contributed by atoms with Gasteiger partial charge in [-0.3, -0.25) is 4.79 Å². The van der Waals surface area contributed by atoms with E-state index < -0.39 is 0 Å². The molecule has 122 valence electrons. The Morgan fingerprint density at radius 3 is 2.70 bits per heavy atom. The number of amides is 1. The van der Waals surface area contributed by atoms with Gasteiger partial charge in [0.15, 0.2) is 0 Å². The average molecular weight is 316 g/mol. The summed E-state index contributed by atoms with van der Waals surface area (Å²) in [5.41, 5.74) is 0.575. The first-order valence-electron chi connectivity index (χ1n) is 7.45. The van der Waals surface area contributed by atoms with Gasteiger partial charge in [0.25, 0.3) is 0 Å². The monoisotopic (exact) mass is 316 g/mol. The molecule has 0 aliphatic carbocycles. The van der Waals surface area contributed by atoms with Gasteiger partial charge in [-0.25, -0.2) is 15.0 Å². The van der Waals surface area contributed by atoms with Gasteiger partial charge in [0.2, 0.25) is 11.9 Å². The molecule has 8 heteroatoms. The van der Waals surface area contributed by atoms with Crippen LogP contribution in [0.5, 0.6) is 0 Å². The molecule has 0 aromatic carbocycles. The summed E-state index contributed by atoms with van der Waals surface area (Å²) in [5, 5.41) is 2.86. The maximum Gasteiger partial charge on any atom is 0.230 e. The first-order valence-corrected chi connectivity index (χ1v) is 7.45. The predicted molar refractivity (Wildman–Crippen MR) is 85.0 cm³/mol. The summed E-state index contributed by atoms with van der Waals surface area (Å²) < 4.78 is 7.60. The van der Waals surface area contributed by atoms with E-state index >= 15 is 0 Å². The van der Waals surface area contributed by atoms with E-state index in [4.69, 9.17) is 4.74 Å². The Hall–Kier alpha value is -2.48. The second kappa shape index (κ2) is 6.33. The third-order valence-corrected chi connectivity index (χ3v) is 3.85. The fraction of sp³-hybridized carbons (Fsp3) is 0.467. The lowest BCUT2D eigenvalue weighted by Crippen LogP contribution is -2.27. The number of aromatic nitrogens is 4. The second-order valence-corrected chi connectivity index (χ2v) is 5.74. The highest BCUT2D eigenvalue weighted by atomic mass is 16.5. The van der Waals surface area contributed by atoms with Gasteiger partial charge in [-0.2, -0.15) is 0 Å². The molecule has 1 N–H and O–H groups in total. The summed E-state index contributed by atoms with van der Waals surface area (Å²) in [6.07, 6.45) is 7.11. The molecule has 2 aromatic rings. The number of hydrogen-bond acceptors (Lipinski definition) is 6. The van der Waals surface area contributed by atoms with E-state index in [0.717, 1.165) is 5.82 Å². The minimum absolute atomic E-state index is 0.100. The van der Waals surface area contributed by atoms with E-state index in [1.54, 1.807) is 23.5 Å². The minimum Gasteiger partial charge on any atom is -0.369 e. The van der Waals surface area contributed by atoms with E-state index in [-0.39, 0.29) is 17.9 Å². The van der Waals surface area contributed by atoms with Crippen molar-refractivity contribution in [2.45, 2.75) is 12.5 Å². The van der Waals surface area contributed by atoms with Crippen LogP contribution in [-0.2, 0) is 16.6 Å². The number of carbonyl (C=O) groups excluding carboxylic acids is 1. The number of rotatable bonds is 4. The molecule has 0 bridgehead atoms. The Morgan fingerprint density at radius 2 is 2.09 bits per heavy atom. The van der Waals surface area contributed by atoms with Crippen molar-refractivity contribution in [2.75, 3.05) is 30.9 Å². The van der Waals surface area contributed by atoms with Crippen LogP contribution in [0, 0.1) is 5.92 Å². The van der Waals surface area contributed by atoms with Crippen molar-refractivity contribution < 1.29 is 9.53 Å². The molecule has 0 saturated carbocycles. The normalized spacial score (nSPS) is 20.5. The number of nitrogens with zero attached hydrogens (tertiary/aromatic N) is 5. The predicted octanol–water partition coefficient (Wildman–Crippen LogP) is 0.992. The van der Waals surface area contributed by atoms with Crippen LogP contribution in [-0.4, -0.2) is 46.1 Å². The van der Waals surface area contributed by atoms with Gasteiger partial charge in [0, 0.05) is 40.1 Å². The van der Waals surface area contributed by atoms with E-state index in [9.17, 15) is 4.79 Å². The molecule has 1 aliphatic rings. The highest BCUT2D eigenvalue weighted by Crippen LogP contribution is 2.34. The minimum atomic E-state index is -0.322. The van der Waals surface area contributed by atoms with Gasteiger partial charge in [0.1, 0.15) is 11.9 Å². The molecule has 0 unspecified atom stereocenters. The van der Waals surface area contributed by atoms with Crippen LogP contribution in [0.4, 0.5) is 11.6 Å². The van der Waals surface area contributed by atoms with Gasteiger partial charge < -0.3 is 19.5 Å². The third kappa shape index (κ3) is 3.16. The summed E-state index contributed by atoms with van der Waals surface area (Å²) in [4.78, 5) is 27.0. The first-order chi connectivity index (χ1) is 11.1. The van der Waals surface area contributed by atoms with Crippen molar-refractivity contribution in [1.82, 2.24) is 19.5 Å². The molecule has 2 aromatic heterocycles. The molecule has 1 fully saturated rings. The van der Waals surface area contributed by atoms with Crippen LogP contribution in [0.2, 0.25) is 0 Å². The standard InChI is InChI=1S/C15H20N6O2/c1-20(2)15-17-8-10(9-18-15)19-14(22)11-4-7-23-12(11)13-16-5-6-21(13)3/h5-6,8-9,11-12H,4,7H2,1-3H3,(H,19,22)/t11-,12-/m1/s1. The molecular weight excluding hydrogens is 296 g/mol. The largest absolute Gasteiger partial charge is 0.369 e. The number of nitrogens with one attached hydrogen (secondary N) is 1. The third-order valence-electron chi connectivity index (χ3n) is 3.85. The number of carbonyl (C=O) groups is 1. The van der Waals surface area contributed by atoms with Gasteiger partial charge in [-0.1, -0.05) is 0 Å². The quantitative estimate of drug-likeness (QED) is 0.905. The number of imidazole rings is 1. The molecule has 0 radical (unpaired) electrons. The van der Waals surface area contributed by atoms with Crippen LogP contribution in [0.3, 0.4) is 0 Å². The molecular formula is C15H20N6O2. The van der Waals surface area contributed by atoms with Crippen molar-refractivity contribution in [1.29, 1.82) is 0 Å². The zero-order chi connectivity index (χ0) is 16.4. The SMILES string of the molecule is CN(C)c1ncc(NC(=O)[C@@H]2CCO[C@H]2c2nccn2C)cn1. The van der Waals surface area contributed by atoms with Gasteiger partial charge in [0.05, 0.1) is 24.0 Å². The second-order valence-electron chi connectivity index (χ2n) is 5.74. The molecule has 3 heterocycles. The highest BCUT2D eigenvalue weighted by Gasteiger charge is 2.37. The maximum absolute atomic E-state index is 12.6. The Kier molecular flexibility index (Phi) is 4.24.